The maximum Gasteiger partial charge on any atom is 0.130 e. The van der Waals surface area contributed by atoms with Crippen molar-refractivity contribution in [2.24, 2.45) is 0 Å². The number of hydrogen-bond donors (Lipinski definition) is 0. The molecule has 146 valence electrons. The van der Waals surface area contributed by atoms with Crippen molar-refractivity contribution in [2.75, 3.05) is 21.3 Å². The highest BCUT2D eigenvalue weighted by atomic mass is 31.1. The van der Waals surface area contributed by atoms with Gasteiger partial charge in [-0.25, -0.2) is 0 Å². The summed E-state index contributed by atoms with van der Waals surface area (Å²) in [5.74, 6) is 2.75. The second-order valence-electron chi connectivity index (χ2n) is 6.72. The summed E-state index contributed by atoms with van der Waals surface area (Å²) >= 11 is 0. The Bertz CT molecular complexity index is 854. The Morgan fingerprint density at radius 2 is 0.786 bits per heavy atom. The minimum Gasteiger partial charge on any atom is -0.496 e. The number of benzene rings is 3. The lowest BCUT2D eigenvalue weighted by molar-refractivity contribution is 0.413. The minimum atomic E-state index is -0.949. The Balaban J connectivity index is 2.39. The first-order valence-corrected chi connectivity index (χ1v) is 10.6. The fraction of sp³-hybridized carbons (Fsp3) is 0.250. The zero-order chi connectivity index (χ0) is 20.3. The van der Waals surface area contributed by atoms with E-state index in [9.17, 15) is 0 Å². The van der Waals surface area contributed by atoms with E-state index in [1.165, 1.54) is 0 Å². The first-order valence-electron chi connectivity index (χ1n) is 9.24. The van der Waals surface area contributed by atoms with E-state index in [2.05, 4.69) is 75.4 Å². The van der Waals surface area contributed by atoms with Crippen LogP contribution in [-0.4, -0.2) is 21.3 Å². The largest absolute Gasteiger partial charge is 0.496 e. The third-order valence-corrected chi connectivity index (χ3v) is 7.41. The average Bonchev–Trinajstić information content (AvgIpc) is 2.69. The van der Waals surface area contributed by atoms with Crippen LogP contribution in [0.2, 0.25) is 0 Å². The number of rotatable bonds is 6. The summed E-state index contributed by atoms with van der Waals surface area (Å²) in [7, 11) is 4.26. The molecule has 0 aromatic heterocycles. The van der Waals surface area contributed by atoms with Crippen molar-refractivity contribution in [1.82, 2.24) is 0 Å². The molecule has 0 spiro atoms. The molecule has 0 fully saturated rings. The Morgan fingerprint density at radius 1 is 0.500 bits per heavy atom. The van der Waals surface area contributed by atoms with Gasteiger partial charge in [-0.15, -0.1) is 0 Å². The van der Waals surface area contributed by atoms with Crippen LogP contribution in [0.4, 0.5) is 0 Å². The van der Waals surface area contributed by atoms with E-state index in [4.69, 9.17) is 14.2 Å². The molecule has 0 bridgehead atoms. The number of methoxy groups -OCH3 is 3. The fourth-order valence-electron chi connectivity index (χ4n) is 3.63. The molecule has 3 aromatic rings. The lowest BCUT2D eigenvalue weighted by Gasteiger charge is -2.26. The Morgan fingerprint density at radius 3 is 1.04 bits per heavy atom. The number of ether oxygens (including phenoxy) is 3. The second kappa shape index (κ2) is 8.67. The molecular formula is C24H27O3P. The molecule has 0 heterocycles. The van der Waals surface area contributed by atoms with Gasteiger partial charge in [0.1, 0.15) is 17.2 Å². The van der Waals surface area contributed by atoms with Crippen LogP contribution in [0.25, 0.3) is 0 Å². The fourth-order valence-corrected chi connectivity index (χ4v) is 6.52. The topological polar surface area (TPSA) is 27.7 Å². The average molecular weight is 394 g/mol. The predicted octanol–water partition coefficient (Wildman–Crippen LogP) is 4.40. The van der Waals surface area contributed by atoms with Gasteiger partial charge in [-0.05, 0) is 45.4 Å². The van der Waals surface area contributed by atoms with Crippen molar-refractivity contribution < 1.29 is 14.2 Å². The van der Waals surface area contributed by atoms with E-state index in [1.807, 2.05) is 0 Å². The summed E-state index contributed by atoms with van der Waals surface area (Å²) in [5, 5.41) is 3.47. The summed E-state index contributed by atoms with van der Waals surface area (Å²) in [4.78, 5) is 0. The van der Waals surface area contributed by atoms with Gasteiger partial charge in [0.15, 0.2) is 0 Å². The molecule has 0 saturated carbocycles. The monoisotopic (exact) mass is 394 g/mol. The molecular weight excluding hydrogens is 367 g/mol. The highest BCUT2D eigenvalue weighted by Crippen LogP contribution is 2.43. The van der Waals surface area contributed by atoms with Crippen LogP contribution in [0.3, 0.4) is 0 Å². The maximum atomic E-state index is 5.84. The van der Waals surface area contributed by atoms with Crippen molar-refractivity contribution in [3.8, 4) is 17.2 Å². The molecule has 3 nitrogen and oxygen atoms in total. The minimum absolute atomic E-state index is 0.917. The molecule has 0 atom stereocenters. The molecule has 0 saturated heterocycles. The van der Waals surface area contributed by atoms with Crippen LogP contribution in [0.15, 0.2) is 54.6 Å². The van der Waals surface area contributed by atoms with Crippen molar-refractivity contribution in [3.05, 3.63) is 71.3 Å². The first-order chi connectivity index (χ1) is 13.5. The predicted molar refractivity (Wildman–Crippen MR) is 119 cm³/mol. The molecule has 0 N–H and O–H groups in total. The highest BCUT2D eigenvalue weighted by Gasteiger charge is 2.27. The summed E-state index contributed by atoms with van der Waals surface area (Å²) in [6.45, 7) is 6.24. The highest BCUT2D eigenvalue weighted by molar-refractivity contribution is 7.80. The van der Waals surface area contributed by atoms with Gasteiger partial charge in [-0.2, -0.15) is 0 Å². The Hall–Kier alpha value is -2.51. The third-order valence-electron chi connectivity index (χ3n) is 4.91. The first kappa shape index (κ1) is 20.2. The molecule has 3 rings (SSSR count). The summed E-state index contributed by atoms with van der Waals surface area (Å²) in [6.07, 6.45) is 0. The van der Waals surface area contributed by atoms with E-state index < -0.39 is 7.92 Å². The van der Waals surface area contributed by atoms with Gasteiger partial charge in [0.2, 0.25) is 0 Å². The van der Waals surface area contributed by atoms with Crippen LogP contribution < -0.4 is 30.1 Å². The van der Waals surface area contributed by atoms with E-state index >= 15 is 0 Å². The van der Waals surface area contributed by atoms with Gasteiger partial charge in [-0.1, -0.05) is 54.6 Å². The van der Waals surface area contributed by atoms with Crippen molar-refractivity contribution in [2.45, 2.75) is 20.8 Å². The van der Waals surface area contributed by atoms with Crippen LogP contribution >= 0.6 is 7.92 Å². The lowest BCUT2D eigenvalue weighted by Crippen LogP contribution is -2.25. The van der Waals surface area contributed by atoms with Crippen LogP contribution in [0.5, 0.6) is 17.2 Å². The SMILES string of the molecule is COc1c(C)cccc1P(c1cccc(C)c1OC)c1cccc(C)c1OC. The molecule has 3 aromatic carbocycles. The van der Waals surface area contributed by atoms with Gasteiger partial charge in [0, 0.05) is 15.9 Å². The van der Waals surface area contributed by atoms with Crippen molar-refractivity contribution in [1.29, 1.82) is 0 Å². The molecule has 0 aliphatic rings. The van der Waals surface area contributed by atoms with E-state index in [1.54, 1.807) is 21.3 Å². The smallest absolute Gasteiger partial charge is 0.130 e. The lowest BCUT2D eigenvalue weighted by atomic mass is 10.2. The molecule has 0 amide bonds. The van der Waals surface area contributed by atoms with E-state index in [0.717, 1.165) is 49.9 Å². The van der Waals surface area contributed by atoms with Crippen molar-refractivity contribution in [3.63, 3.8) is 0 Å². The third kappa shape index (κ3) is 3.59. The normalized spacial score (nSPS) is 10.8. The van der Waals surface area contributed by atoms with Gasteiger partial charge >= 0.3 is 0 Å². The number of aryl methyl sites for hydroxylation is 3. The second-order valence-corrected chi connectivity index (χ2v) is 8.83. The molecule has 0 aliphatic heterocycles. The molecule has 28 heavy (non-hydrogen) atoms. The zero-order valence-electron chi connectivity index (χ0n) is 17.4. The van der Waals surface area contributed by atoms with Gasteiger partial charge < -0.3 is 14.2 Å². The Kier molecular flexibility index (Phi) is 6.26. The van der Waals surface area contributed by atoms with Gasteiger partial charge in [0.25, 0.3) is 0 Å². The molecule has 0 radical (unpaired) electrons. The molecule has 4 heteroatoms. The van der Waals surface area contributed by atoms with E-state index in [0.29, 0.717) is 0 Å². The Labute approximate surface area is 169 Å². The quantitative estimate of drug-likeness (QED) is 0.580. The number of hydrogen-bond acceptors (Lipinski definition) is 3. The molecule has 0 unspecified atom stereocenters. The van der Waals surface area contributed by atoms with E-state index in [-0.39, 0.29) is 0 Å². The summed E-state index contributed by atoms with van der Waals surface area (Å²) < 4.78 is 17.5. The standard InChI is InChI=1S/C24H27O3P/c1-16-10-7-13-19(22(16)25-4)28(20-14-8-11-17(2)23(20)26-5)21-15-9-12-18(3)24(21)27-6/h7-15H,1-6H3. The van der Waals surface area contributed by atoms with Crippen LogP contribution in [0.1, 0.15) is 16.7 Å². The summed E-state index contributed by atoms with van der Waals surface area (Å²) in [5.41, 5.74) is 3.35. The summed E-state index contributed by atoms with van der Waals surface area (Å²) in [6, 6.07) is 19.0. The zero-order valence-corrected chi connectivity index (χ0v) is 18.3. The van der Waals surface area contributed by atoms with Gasteiger partial charge in [-0.3, -0.25) is 0 Å². The molecule has 0 aliphatic carbocycles. The van der Waals surface area contributed by atoms with Gasteiger partial charge in [0.05, 0.1) is 21.3 Å². The van der Waals surface area contributed by atoms with Crippen LogP contribution in [0, 0.1) is 20.8 Å². The van der Waals surface area contributed by atoms with Crippen LogP contribution in [-0.2, 0) is 0 Å². The van der Waals surface area contributed by atoms with Crippen molar-refractivity contribution >= 4 is 23.8 Å². The maximum absolute atomic E-state index is 5.84. The number of para-hydroxylation sites is 3.